The monoisotopic (exact) mass is 689 g/mol. The summed E-state index contributed by atoms with van der Waals surface area (Å²) in [4.78, 5) is 47.0. The number of piperidine rings is 1. The molecule has 2 N–H and O–H groups in total. The van der Waals surface area contributed by atoms with Gasteiger partial charge in [0.1, 0.15) is 11.9 Å². The van der Waals surface area contributed by atoms with Crippen LogP contribution in [0.1, 0.15) is 92.7 Å². The van der Waals surface area contributed by atoms with Gasteiger partial charge < -0.3 is 15.1 Å². The first kappa shape index (κ1) is 36.1. The molecule has 10 nitrogen and oxygen atoms in total. The van der Waals surface area contributed by atoms with E-state index < -0.39 is 5.41 Å². The highest BCUT2D eigenvalue weighted by Crippen LogP contribution is 2.53. The Hall–Kier alpha value is -4.75. The number of amides is 2. The zero-order valence-electron chi connectivity index (χ0n) is 31.0. The van der Waals surface area contributed by atoms with E-state index in [1.807, 2.05) is 49.4 Å². The van der Waals surface area contributed by atoms with Gasteiger partial charge in [0.15, 0.2) is 0 Å². The first-order chi connectivity index (χ1) is 24.4. The number of H-pyrrole nitrogens is 1. The van der Waals surface area contributed by atoms with Crippen molar-refractivity contribution in [1.29, 1.82) is 5.26 Å². The van der Waals surface area contributed by atoms with Crippen molar-refractivity contribution < 1.29 is 9.59 Å². The van der Waals surface area contributed by atoms with Gasteiger partial charge in [-0.1, -0.05) is 60.4 Å². The van der Waals surface area contributed by atoms with Crippen LogP contribution in [0.5, 0.6) is 0 Å². The molecule has 3 aliphatic rings. The van der Waals surface area contributed by atoms with E-state index in [2.05, 4.69) is 50.1 Å². The average molecular weight is 690 g/mol. The van der Waals surface area contributed by atoms with E-state index in [1.54, 1.807) is 23.9 Å². The van der Waals surface area contributed by atoms with Gasteiger partial charge in [0.05, 0.1) is 23.7 Å². The number of rotatable bonds is 11. The van der Waals surface area contributed by atoms with Gasteiger partial charge >= 0.3 is 5.69 Å². The fourth-order valence-corrected chi connectivity index (χ4v) is 8.34. The molecule has 6 rings (SSSR count). The molecule has 3 aromatic rings. The summed E-state index contributed by atoms with van der Waals surface area (Å²) in [6.07, 6.45) is 6.81. The highest BCUT2D eigenvalue weighted by molar-refractivity contribution is 5.94. The number of hydrogen-bond donors (Lipinski definition) is 2. The molecule has 2 aromatic carbocycles. The second kappa shape index (κ2) is 14.5. The number of benzene rings is 2. The Balaban J connectivity index is 1.44. The van der Waals surface area contributed by atoms with E-state index in [0.717, 1.165) is 54.4 Å². The first-order valence-corrected chi connectivity index (χ1v) is 18.3. The van der Waals surface area contributed by atoms with Crippen LogP contribution in [0.15, 0.2) is 70.1 Å². The molecule has 51 heavy (non-hydrogen) atoms. The maximum Gasteiger partial charge on any atom is 0.348 e. The van der Waals surface area contributed by atoms with Gasteiger partial charge in [-0.15, -0.1) is 5.10 Å². The van der Waals surface area contributed by atoms with Crippen LogP contribution in [0.2, 0.25) is 0 Å². The largest absolute Gasteiger partial charge is 0.348 e. The van der Waals surface area contributed by atoms with E-state index >= 15 is 0 Å². The number of carbonyl (C=O) groups is 2. The summed E-state index contributed by atoms with van der Waals surface area (Å²) in [5.74, 6) is 1.27. The molecular weight excluding hydrogens is 638 g/mol. The highest BCUT2D eigenvalue weighted by Gasteiger charge is 2.60. The third-order valence-corrected chi connectivity index (χ3v) is 11.7. The lowest BCUT2D eigenvalue weighted by Gasteiger charge is -2.36. The van der Waals surface area contributed by atoms with Crippen LogP contribution >= 0.6 is 0 Å². The fourth-order valence-electron chi connectivity index (χ4n) is 8.34. The molecule has 2 heterocycles. The van der Waals surface area contributed by atoms with Crippen LogP contribution in [0.3, 0.4) is 0 Å². The summed E-state index contributed by atoms with van der Waals surface area (Å²) in [5.41, 5.74) is 6.90. The first-order valence-electron chi connectivity index (χ1n) is 18.3. The lowest BCUT2D eigenvalue weighted by molar-refractivity contribution is -0.131. The minimum atomic E-state index is -0.862. The quantitative estimate of drug-likeness (QED) is 0.199. The van der Waals surface area contributed by atoms with E-state index in [0.29, 0.717) is 41.9 Å². The second-order valence-electron chi connectivity index (χ2n) is 15.0. The SMILES string of the molecule is CC/C(C)=C/CC1=C(C)C(CCNCC(=O)N2C(C#N)CC3C(C)C32)(c2nn(-c3ccc(C)cc3)c(=O)[nH]2)c2ccc(C(=O)N(C)C)cc2CC1. The predicted molar refractivity (Wildman–Crippen MR) is 199 cm³/mol. The van der Waals surface area contributed by atoms with Gasteiger partial charge in [-0.25, -0.2) is 4.79 Å². The molecule has 10 heteroatoms. The number of likely N-dealkylation sites (tertiary alicyclic amines) is 1. The van der Waals surface area contributed by atoms with E-state index in [9.17, 15) is 19.6 Å². The number of aromatic nitrogens is 3. The van der Waals surface area contributed by atoms with Crippen molar-refractivity contribution in [2.24, 2.45) is 11.8 Å². The Morgan fingerprint density at radius 3 is 2.59 bits per heavy atom. The molecule has 2 fully saturated rings. The van der Waals surface area contributed by atoms with E-state index in [4.69, 9.17) is 5.10 Å². The molecule has 1 aromatic heterocycles. The Labute approximate surface area is 301 Å². The molecule has 5 atom stereocenters. The van der Waals surface area contributed by atoms with Crippen molar-refractivity contribution in [2.45, 2.75) is 90.6 Å². The van der Waals surface area contributed by atoms with Gasteiger partial charge in [0.2, 0.25) is 5.91 Å². The Bertz CT molecular complexity index is 1980. The third kappa shape index (κ3) is 6.72. The van der Waals surface area contributed by atoms with Gasteiger partial charge in [-0.3, -0.25) is 14.6 Å². The van der Waals surface area contributed by atoms with Gasteiger partial charge in [-0.2, -0.15) is 9.94 Å². The van der Waals surface area contributed by atoms with Gasteiger partial charge in [0, 0.05) is 25.7 Å². The smallest absolute Gasteiger partial charge is 0.345 e. The van der Waals surface area contributed by atoms with Crippen LogP contribution < -0.4 is 11.0 Å². The van der Waals surface area contributed by atoms with Crippen molar-refractivity contribution in [2.75, 3.05) is 27.2 Å². The zero-order chi connectivity index (χ0) is 36.6. The fraction of sp³-hybridized carbons (Fsp3) is 0.488. The molecule has 0 radical (unpaired) electrons. The maximum absolute atomic E-state index is 13.7. The van der Waals surface area contributed by atoms with E-state index in [-0.39, 0.29) is 36.1 Å². The number of nitriles is 1. The Kier molecular flexibility index (Phi) is 10.2. The molecule has 0 spiro atoms. The standard InChI is InChI=1S/C41H51N7O3/c1-8-25(2)9-12-29-13-14-30-21-31(38(50)46(6)7)15-18-35(30)41(28(29)5,39-44-40(51)48(45-39)32-16-10-26(3)11-17-32)19-20-43-24-36(49)47-33(23-42)22-34-27(4)37(34)47/h9-11,15-18,21,27,33-34,37,43H,8,12-14,19-20,22,24H2,1-7H3,(H,44,45,51)/b25-9+. The minimum Gasteiger partial charge on any atom is -0.345 e. The number of nitrogens with zero attached hydrogens (tertiary/aromatic N) is 5. The number of allylic oxidation sites excluding steroid dienone is 4. The molecule has 2 amide bonds. The molecule has 5 unspecified atom stereocenters. The van der Waals surface area contributed by atoms with Crippen LogP contribution in [0.25, 0.3) is 5.69 Å². The topological polar surface area (TPSA) is 127 Å². The van der Waals surface area contributed by atoms with E-state index in [1.165, 1.54) is 15.8 Å². The Morgan fingerprint density at radius 2 is 1.90 bits per heavy atom. The molecule has 2 aliphatic carbocycles. The molecular formula is C41H51N7O3. The predicted octanol–water partition coefficient (Wildman–Crippen LogP) is 5.60. The van der Waals surface area contributed by atoms with Crippen LogP contribution in [-0.4, -0.2) is 75.6 Å². The van der Waals surface area contributed by atoms with Crippen molar-refractivity contribution in [3.05, 3.63) is 104 Å². The summed E-state index contributed by atoms with van der Waals surface area (Å²) in [6.45, 7) is 11.2. The third-order valence-electron chi connectivity index (χ3n) is 11.7. The van der Waals surface area contributed by atoms with Crippen LogP contribution in [0, 0.1) is 30.1 Å². The van der Waals surface area contributed by atoms with Crippen molar-refractivity contribution in [3.8, 4) is 11.8 Å². The van der Waals surface area contributed by atoms with Crippen molar-refractivity contribution in [1.82, 2.24) is 29.9 Å². The minimum absolute atomic E-state index is 0.0502. The molecule has 1 saturated carbocycles. The van der Waals surface area contributed by atoms with Gasteiger partial charge in [-0.05, 0) is 113 Å². The summed E-state index contributed by atoms with van der Waals surface area (Å²) >= 11 is 0. The van der Waals surface area contributed by atoms with Gasteiger partial charge in [0.25, 0.3) is 5.91 Å². The number of carbonyl (C=O) groups excluding carboxylic acids is 2. The normalized spacial score (nSPS) is 24.1. The number of hydrogen-bond acceptors (Lipinski definition) is 6. The Morgan fingerprint density at radius 1 is 1.16 bits per heavy atom. The zero-order valence-corrected chi connectivity index (χ0v) is 31.0. The molecule has 0 bridgehead atoms. The number of aromatic amines is 1. The number of aryl methyl sites for hydroxylation is 2. The summed E-state index contributed by atoms with van der Waals surface area (Å²) in [6, 6.07) is 15.8. The maximum atomic E-state index is 13.7. The second-order valence-corrected chi connectivity index (χ2v) is 15.0. The lowest BCUT2D eigenvalue weighted by Crippen LogP contribution is -2.44. The average Bonchev–Trinajstić information content (AvgIpc) is 3.40. The molecule has 268 valence electrons. The van der Waals surface area contributed by atoms with Crippen LogP contribution in [-0.2, 0) is 16.6 Å². The highest BCUT2D eigenvalue weighted by atomic mass is 16.2. The summed E-state index contributed by atoms with van der Waals surface area (Å²) in [5, 5.41) is 18.2. The summed E-state index contributed by atoms with van der Waals surface area (Å²) < 4.78 is 1.43. The van der Waals surface area contributed by atoms with Crippen molar-refractivity contribution >= 4 is 11.8 Å². The van der Waals surface area contributed by atoms with Crippen molar-refractivity contribution in [3.63, 3.8) is 0 Å². The van der Waals surface area contributed by atoms with Crippen LogP contribution in [0.4, 0.5) is 0 Å². The number of fused-ring (bicyclic) bond motifs is 2. The summed E-state index contributed by atoms with van der Waals surface area (Å²) in [7, 11) is 3.51. The molecule has 1 saturated heterocycles. The molecule has 1 aliphatic heterocycles. The number of nitrogens with one attached hydrogen (secondary N) is 2. The lowest BCUT2D eigenvalue weighted by atomic mass is 9.69.